The van der Waals surface area contributed by atoms with Crippen LogP contribution in [0, 0.1) is 11.7 Å². The highest BCUT2D eigenvalue weighted by atomic mass is 19.1. The molecule has 0 fully saturated rings. The van der Waals surface area contributed by atoms with Gasteiger partial charge in [0.05, 0.1) is 6.10 Å². The average Bonchev–Trinajstić information content (AvgIpc) is 2.37. The molecular formula is C15H24FNO2. The largest absolute Gasteiger partial charge is 0.508 e. The minimum atomic E-state index is -0.453. The zero-order valence-electron chi connectivity index (χ0n) is 11.9. The second-order valence-corrected chi connectivity index (χ2v) is 4.98. The fourth-order valence-electron chi connectivity index (χ4n) is 2.29. The van der Waals surface area contributed by atoms with Gasteiger partial charge in [0.15, 0.2) is 0 Å². The van der Waals surface area contributed by atoms with Crippen molar-refractivity contribution < 1.29 is 14.6 Å². The van der Waals surface area contributed by atoms with E-state index in [-0.39, 0.29) is 17.7 Å². The maximum atomic E-state index is 12.9. The van der Waals surface area contributed by atoms with Gasteiger partial charge >= 0.3 is 0 Å². The number of aliphatic hydroxyl groups is 1. The summed E-state index contributed by atoms with van der Waals surface area (Å²) in [6.45, 7) is 6.47. The number of halogens is 1. The summed E-state index contributed by atoms with van der Waals surface area (Å²) in [4.78, 5) is 0. The molecule has 0 aromatic heterocycles. The quantitative estimate of drug-likeness (QED) is 0.713. The van der Waals surface area contributed by atoms with Crippen molar-refractivity contribution in [3.63, 3.8) is 0 Å². The van der Waals surface area contributed by atoms with Gasteiger partial charge in [0.25, 0.3) is 0 Å². The first-order valence-electron chi connectivity index (χ1n) is 6.89. The molecule has 0 heterocycles. The molecule has 0 aliphatic carbocycles. The summed E-state index contributed by atoms with van der Waals surface area (Å²) < 4.78 is 12.9. The molecule has 3 N–H and O–H groups in total. The lowest BCUT2D eigenvalue weighted by atomic mass is 9.96. The van der Waals surface area contributed by atoms with Crippen molar-refractivity contribution in [3.8, 4) is 5.75 Å². The third-order valence-electron chi connectivity index (χ3n) is 3.69. The van der Waals surface area contributed by atoms with E-state index in [1.165, 1.54) is 6.07 Å². The molecule has 0 aliphatic rings. The summed E-state index contributed by atoms with van der Waals surface area (Å²) in [7, 11) is 0. The minimum Gasteiger partial charge on any atom is -0.508 e. The van der Waals surface area contributed by atoms with Crippen LogP contribution in [0.2, 0.25) is 0 Å². The highest BCUT2D eigenvalue weighted by Gasteiger charge is 2.17. The lowest BCUT2D eigenvalue weighted by molar-refractivity contribution is 0.0988. The molecule has 0 bridgehead atoms. The number of phenols is 1. The van der Waals surface area contributed by atoms with Gasteiger partial charge < -0.3 is 15.5 Å². The van der Waals surface area contributed by atoms with Gasteiger partial charge in [-0.25, -0.2) is 4.39 Å². The molecule has 3 nitrogen and oxygen atoms in total. The van der Waals surface area contributed by atoms with Gasteiger partial charge in [-0.05, 0) is 18.9 Å². The fourth-order valence-corrected chi connectivity index (χ4v) is 2.29. The second-order valence-electron chi connectivity index (χ2n) is 4.98. The number of phenolic OH excluding ortho intramolecular Hbond substituents is 1. The predicted octanol–water partition coefficient (Wildman–Crippen LogP) is 2.98. The van der Waals surface area contributed by atoms with E-state index in [0.29, 0.717) is 12.1 Å². The van der Waals surface area contributed by atoms with Crippen LogP contribution in [-0.2, 0) is 0 Å². The van der Waals surface area contributed by atoms with Crippen LogP contribution in [-0.4, -0.2) is 22.9 Å². The van der Waals surface area contributed by atoms with Crippen LogP contribution in [0.1, 0.15) is 45.2 Å². The first-order chi connectivity index (χ1) is 8.99. The Labute approximate surface area is 114 Å². The third kappa shape index (κ3) is 4.48. The molecule has 2 atom stereocenters. The van der Waals surface area contributed by atoms with E-state index in [4.69, 9.17) is 0 Å². The van der Waals surface area contributed by atoms with E-state index < -0.39 is 11.9 Å². The molecule has 19 heavy (non-hydrogen) atoms. The number of nitrogens with one attached hydrogen (secondary N) is 1. The van der Waals surface area contributed by atoms with Crippen LogP contribution in [0.15, 0.2) is 18.2 Å². The normalized spacial score (nSPS) is 14.6. The third-order valence-corrected chi connectivity index (χ3v) is 3.69. The molecule has 1 aromatic carbocycles. The zero-order valence-corrected chi connectivity index (χ0v) is 11.9. The van der Waals surface area contributed by atoms with Crippen molar-refractivity contribution in [2.24, 2.45) is 5.92 Å². The molecule has 0 spiro atoms. The number of rotatable bonds is 7. The van der Waals surface area contributed by atoms with Gasteiger partial charge in [0, 0.05) is 24.2 Å². The molecule has 0 saturated heterocycles. The molecule has 0 saturated carbocycles. The van der Waals surface area contributed by atoms with Gasteiger partial charge in [-0.1, -0.05) is 32.8 Å². The lowest BCUT2D eigenvalue weighted by Gasteiger charge is -2.23. The standard InChI is InChI=1S/C15H24FNO2/c1-4-11(5-2)15(19)9-17-10(3)13-7-6-12(16)8-14(13)18/h6-8,10-11,15,17-19H,4-5,9H2,1-3H3. The van der Waals surface area contributed by atoms with Crippen LogP contribution < -0.4 is 5.32 Å². The molecule has 1 aromatic rings. The van der Waals surface area contributed by atoms with Crippen molar-refractivity contribution >= 4 is 0 Å². The molecule has 108 valence electrons. The smallest absolute Gasteiger partial charge is 0.126 e. The summed E-state index contributed by atoms with van der Waals surface area (Å²) in [5.74, 6) is -0.232. The number of benzene rings is 1. The van der Waals surface area contributed by atoms with Gasteiger partial charge in [0.1, 0.15) is 11.6 Å². The van der Waals surface area contributed by atoms with E-state index in [0.717, 1.165) is 18.9 Å². The highest BCUT2D eigenvalue weighted by molar-refractivity contribution is 5.34. The number of aromatic hydroxyl groups is 1. The van der Waals surface area contributed by atoms with E-state index in [2.05, 4.69) is 19.2 Å². The van der Waals surface area contributed by atoms with Crippen LogP contribution in [0.5, 0.6) is 5.75 Å². The number of aliphatic hydroxyl groups excluding tert-OH is 1. The molecule has 1 rings (SSSR count). The topological polar surface area (TPSA) is 52.5 Å². The SMILES string of the molecule is CCC(CC)C(O)CNC(C)c1ccc(F)cc1O. The van der Waals surface area contributed by atoms with Gasteiger partial charge in [-0.3, -0.25) is 0 Å². The van der Waals surface area contributed by atoms with E-state index >= 15 is 0 Å². The first-order valence-corrected chi connectivity index (χ1v) is 6.89. The van der Waals surface area contributed by atoms with Gasteiger partial charge in [-0.15, -0.1) is 0 Å². The second kappa shape index (κ2) is 7.46. The Morgan fingerprint density at radius 2 is 1.89 bits per heavy atom. The summed E-state index contributed by atoms with van der Waals surface area (Å²) in [6, 6.07) is 3.85. The van der Waals surface area contributed by atoms with Crippen molar-refractivity contribution in [2.75, 3.05) is 6.54 Å². The lowest BCUT2D eigenvalue weighted by Crippen LogP contribution is -2.34. The Hall–Kier alpha value is -1.13. The molecule has 0 radical (unpaired) electrons. The summed E-state index contributed by atoms with van der Waals surface area (Å²) >= 11 is 0. The molecular weight excluding hydrogens is 245 g/mol. The summed E-state index contributed by atoms with van der Waals surface area (Å²) in [5.41, 5.74) is 0.637. The Bertz CT molecular complexity index is 394. The van der Waals surface area contributed by atoms with Crippen LogP contribution in [0.25, 0.3) is 0 Å². The highest BCUT2D eigenvalue weighted by Crippen LogP contribution is 2.24. The maximum Gasteiger partial charge on any atom is 0.126 e. The Morgan fingerprint density at radius 3 is 2.42 bits per heavy atom. The monoisotopic (exact) mass is 269 g/mol. The molecule has 4 heteroatoms. The maximum absolute atomic E-state index is 12.9. The summed E-state index contributed by atoms with van der Waals surface area (Å²) in [6.07, 6.45) is 1.48. The van der Waals surface area contributed by atoms with Crippen molar-refractivity contribution in [3.05, 3.63) is 29.6 Å². The fraction of sp³-hybridized carbons (Fsp3) is 0.600. The molecule has 2 unspecified atom stereocenters. The zero-order chi connectivity index (χ0) is 14.4. The number of hydrogen-bond acceptors (Lipinski definition) is 3. The Balaban J connectivity index is 2.57. The van der Waals surface area contributed by atoms with Gasteiger partial charge in [-0.2, -0.15) is 0 Å². The van der Waals surface area contributed by atoms with Gasteiger partial charge in [0.2, 0.25) is 0 Å². The van der Waals surface area contributed by atoms with Crippen LogP contribution in [0.4, 0.5) is 4.39 Å². The van der Waals surface area contributed by atoms with Crippen LogP contribution >= 0.6 is 0 Å². The summed E-state index contributed by atoms with van der Waals surface area (Å²) in [5, 5.41) is 22.9. The Kier molecular flexibility index (Phi) is 6.25. The van der Waals surface area contributed by atoms with Crippen molar-refractivity contribution in [1.82, 2.24) is 5.32 Å². The Morgan fingerprint density at radius 1 is 1.26 bits per heavy atom. The van der Waals surface area contributed by atoms with Crippen LogP contribution in [0.3, 0.4) is 0 Å². The first kappa shape index (κ1) is 15.9. The predicted molar refractivity (Wildman–Crippen MR) is 74.6 cm³/mol. The van der Waals surface area contributed by atoms with E-state index in [1.807, 2.05) is 6.92 Å². The molecule has 0 amide bonds. The molecule has 0 aliphatic heterocycles. The minimum absolute atomic E-state index is 0.0583. The van der Waals surface area contributed by atoms with E-state index in [9.17, 15) is 14.6 Å². The van der Waals surface area contributed by atoms with Crippen molar-refractivity contribution in [2.45, 2.75) is 45.8 Å². The van der Waals surface area contributed by atoms with Crippen molar-refractivity contribution in [1.29, 1.82) is 0 Å². The average molecular weight is 269 g/mol. The number of hydrogen-bond donors (Lipinski definition) is 3. The van der Waals surface area contributed by atoms with E-state index in [1.54, 1.807) is 6.07 Å².